The number of anilines is 4. The normalized spacial score (nSPS) is 17.4. The van der Waals surface area contributed by atoms with Crippen LogP contribution in [-0.4, -0.2) is 103 Å². The second-order valence-corrected chi connectivity index (χ2v) is 30.8. The number of fused-ring (bicyclic) bond motifs is 4. The molecule has 3 saturated carbocycles. The Bertz CT molecular complexity index is 5350. The molecular weight excluding hydrogens is 1330 g/mol. The topological polar surface area (TPSA) is 212 Å². The van der Waals surface area contributed by atoms with Gasteiger partial charge in [-0.3, -0.25) is 39.1 Å². The summed E-state index contributed by atoms with van der Waals surface area (Å²) in [6, 6.07) is 41.1. The van der Waals surface area contributed by atoms with Gasteiger partial charge in [0.05, 0.1) is 57.0 Å². The van der Waals surface area contributed by atoms with Crippen LogP contribution >= 0.6 is 0 Å². The number of nitrogens with zero attached hydrogens (tertiary/aromatic N) is 15. The van der Waals surface area contributed by atoms with Crippen LogP contribution in [0.4, 0.5) is 27.1 Å². The van der Waals surface area contributed by atoms with E-state index >= 15 is 0 Å². The molecule has 0 unspecified atom stereocenters. The first-order chi connectivity index (χ1) is 50.8. The highest BCUT2D eigenvalue weighted by Crippen LogP contribution is 2.52. The zero-order valence-corrected chi connectivity index (χ0v) is 61.5. The van der Waals surface area contributed by atoms with Crippen molar-refractivity contribution in [3.8, 4) is 73.4 Å². The average Bonchev–Trinajstić information content (AvgIpc) is 1.58. The summed E-state index contributed by atoms with van der Waals surface area (Å²) in [5.41, 5.74) is 19.0. The third-order valence-electron chi connectivity index (χ3n) is 21.7. The van der Waals surface area contributed by atoms with Gasteiger partial charge in [-0.25, -0.2) is 19.3 Å². The van der Waals surface area contributed by atoms with Crippen LogP contribution in [0.2, 0.25) is 0 Å². The van der Waals surface area contributed by atoms with Crippen molar-refractivity contribution in [3.05, 3.63) is 235 Å². The maximum Gasteiger partial charge on any atom is 0.237 e. The number of rotatable bonds is 11. The van der Waals surface area contributed by atoms with Gasteiger partial charge in [-0.1, -0.05) is 53.7 Å². The molecule has 4 aliphatic heterocycles. The molecule has 0 radical (unpaired) electrons. The quantitative estimate of drug-likeness (QED) is 0.118. The van der Waals surface area contributed by atoms with Crippen molar-refractivity contribution in [1.82, 2.24) is 53.7 Å². The highest BCUT2D eigenvalue weighted by Gasteiger charge is 2.52. The van der Waals surface area contributed by atoms with E-state index in [1.807, 2.05) is 205 Å². The molecule has 21 heteroatoms. The Morgan fingerprint density at radius 1 is 0.415 bits per heavy atom. The van der Waals surface area contributed by atoms with Crippen LogP contribution < -0.4 is 19.6 Å². The first-order valence-electron chi connectivity index (χ1n) is 36.1. The van der Waals surface area contributed by atoms with E-state index < -0.39 is 27.5 Å². The molecule has 106 heavy (non-hydrogen) atoms. The SMILES string of the molecule is CC1(C)C(=O)N(C2CC2)c2cc(-c3cn(-c4ccncc4F)cn3)ccc21.Cc1cc(-c2cc(-c3ccc4c(c3)N(C3CC3)C(=O)C4(C)C)on2)ccn1.Cc1cc(-n2cnc(-c3ccc4c(c3)N(C3CC3)C(=O)C4(C)C)c2)ccn1.Cc1nc(-c2ccc3c(c2)N(C)C(=O)C3(C)C)cn1-c1ccncc1. The van der Waals surface area contributed by atoms with Crippen LogP contribution in [0.1, 0.15) is 133 Å². The van der Waals surface area contributed by atoms with Gasteiger partial charge in [0.2, 0.25) is 23.6 Å². The van der Waals surface area contributed by atoms with Crippen molar-refractivity contribution in [2.75, 3.05) is 26.6 Å². The fraction of sp³-hybridized carbons (Fsp3) is 0.294. The molecule has 4 amide bonds. The summed E-state index contributed by atoms with van der Waals surface area (Å²) in [7, 11) is 1.83. The molecule has 0 bridgehead atoms. The van der Waals surface area contributed by atoms with Crippen molar-refractivity contribution >= 4 is 46.4 Å². The first kappa shape index (κ1) is 68.6. The van der Waals surface area contributed by atoms with Crippen LogP contribution in [0, 0.1) is 26.6 Å². The number of amides is 4. The van der Waals surface area contributed by atoms with Crippen LogP contribution in [0.15, 0.2) is 194 Å². The number of benzene rings is 4. The molecule has 0 saturated heterocycles. The number of carbonyl (C=O) groups is 4. The monoisotopic (exact) mass is 1410 g/mol. The van der Waals surface area contributed by atoms with E-state index in [2.05, 4.69) is 71.5 Å². The van der Waals surface area contributed by atoms with Gasteiger partial charge in [-0.2, -0.15) is 0 Å². The van der Waals surface area contributed by atoms with E-state index in [4.69, 9.17) is 9.51 Å². The second kappa shape index (κ2) is 25.8. The molecule has 19 rings (SSSR count). The predicted molar refractivity (Wildman–Crippen MR) is 407 cm³/mol. The predicted octanol–water partition coefficient (Wildman–Crippen LogP) is 15.9. The Morgan fingerprint density at radius 2 is 0.858 bits per heavy atom. The molecule has 3 fully saturated rings. The lowest BCUT2D eigenvalue weighted by atomic mass is 9.85. The minimum atomic E-state index is -0.504. The van der Waals surface area contributed by atoms with E-state index in [0.29, 0.717) is 29.6 Å². The summed E-state index contributed by atoms with van der Waals surface area (Å²) in [6.07, 6.45) is 25.6. The average molecular weight is 1410 g/mol. The number of likely N-dealkylation sites (N-methyl/N-ethyl adjacent to an activating group) is 1. The van der Waals surface area contributed by atoms with E-state index in [9.17, 15) is 23.6 Å². The Hall–Kier alpha value is -11.9. The van der Waals surface area contributed by atoms with Crippen LogP contribution in [-0.2, 0) is 40.8 Å². The maximum atomic E-state index is 14.0. The minimum absolute atomic E-state index is 0.123. The number of hydrogen-bond donors (Lipinski definition) is 0. The number of halogens is 1. The van der Waals surface area contributed by atoms with Gasteiger partial charge in [0, 0.05) is 154 Å². The summed E-state index contributed by atoms with van der Waals surface area (Å²) in [6.45, 7) is 21.9. The molecule has 534 valence electrons. The number of pyridine rings is 4. The van der Waals surface area contributed by atoms with E-state index in [1.165, 1.54) is 6.20 Å². The zero-order valence-electron chi connectivity index (χ0n) is 61.5. The Labute approximate surface area is 614 Å². The molecule has 8 aromatic heterocycles. The third kappa shape index (κ3) is 12.1. The Balaban J connectivity index is 0.000000108. The smallest absolute Gasteiger partial charge is 0.237 e. The van der Waals surface area contributed by atoms with Crippen molar-refractivity contribution in [2.24, 2.45) is 0 Å². The van der Waals surface area contributed by atoms with Crippen LogP contribution in [0.25, 0.3) is 73.4 Å². The van der Waals surface area contributed by atoms with E-state index in [1.54, 1.807) is 59.0 Å². The summed E-state index contributed by atoms with van der Waals surface area (Å²) in [4.78, 5) is 89.0. The van der Waals surface area contributed by atoms with Gasteiger partial charge in [0.1, 0.15) is 17.8 Å². The van der Waals surface area contributed by atoms with Crippen LogP contribution in [0.3, 0.4) is 0 Å². The fourth-order valence-corrected chi connectivity index (χ4v) is 15.2. The highest BCUT2D eigenvalue weighted by atomic mass is 19.1. The second-order valence-electron chi connectivity index (χ2n) is 30.8. The molecule has 20 nitrogen and oxygen atoms in total. The number of hydrogen-bond acceptors (Lipinski definition) is 13. The summed E-state index contributed by atoms with van der Waals surface area (Å²) < 4.78 is 25.3. The summed E-state index contributed by atoms with van der Waals surface area (Å²) >= 11 is 0. The third-order valence-corrected chi connectivity index (χ3v) is 21.7. The Kier molecular flexibility index (Phi) is 16.7. The van der Waals surface area contributed by atoms with Gasteiger partial charge < -0.3 is 37.8 Å². The minimum Gasteiger partial charge on any atom is -0.356 e. The van der Waals surface area contributed by atoms with Gasteiger partial charge in [-0.15, -0.1) is 0 Å². The zero-order chi connectivity index (χ0) is 74.0. The van der Waals surface area contributed by atoms with Crippen molar-refractivity contribution in [3.63, 3.8) is 0 Å². The lowest BCUT2D eigenvalue weighted by Crippen LogP contribution is -2.37. The first-order valence-corrected chi connectivity index (χ1v) is 36.1. The van der Waals surface area contributed by atoms with E-state index in [-0.39, 0.29) is 23.6 Å². The van der Waals surface area contributed by atoms with Crippen molar-refractivity contribution < 1.29 is 28.1 Å². The fourth-order valence-electron chi connectivity index (χ4n) is 15.2. The molecule has 0 spiro atoms. The molecule has 7 aliphatic rings. The number of aromatic nitrogens is 11. The van der Waals surface area contributed by atoms with Gasteiger partial charge in [-0.05, 0) is 204 Å². The van der Waals surface area contributed by atoms with Crippen LogP contribution in [0.5, 0.6) is 0 Å². The molecule has 4 aromatic carbocycles. The lowest BCUT2D eigenvalue weighted by Gasteiger charge is -2.19. The molecular formula is C85H82FN15O5. The largest absolute Gasteiger partial charge is 0.356 e. The number of carbonyl (C=O) groups excluding carboxylic acids is 4. The molecule has 12 aromatic rings. The summed E-state index contributed by atoms with van der Waals surface area (Å²) in [5.74, 6) is 1.92. The Morgan fingerprint density at radius 3 is 1.39 bits per heavy atom. The lowest BCUT2D eigenvalue weighted by molar-refractivity contribution is -0.122. The van der Waals surface area contributed by atoms with Gasteiger partial charge in [0.15, 0.2) is 11.6 Å². The highest BCUT2D eigenvalue weighted by molar-refractivity contribution is 6.11. The molecule has 3 aliphatic carbocycles. The molecule has 0 atom stereocenters. The molecule has 12 heterocycles. The number of aryl methyl sites for hydroxylation is 3. The maximum absolute atomic E-state index is 14.0. The standard InChI is InChI=1S/C22H22N4O.C22H21N3O2.C21H19FN4O.C20H20N4O/c1-14-10-17(8-9-23-14)25-12-19(24-13-25)15-4-7-18-20(11-15)26(16-5-6-16)21(27)22(18,2)3;1-13-10-14(8-9-23-13)18-12-20(27-24-18)15-4-7-17-19(11-15)25(16-5-6-16)21(26)22(17,2)3;1-21(2)15-6-3-13(9-19(15)26(20(21)27)14-4-5-14)17-11-25(12-24-17)18-7-8-23-10-16(18)22;1-13-22-17(12-24(13)15-7-9-21-10-8-15)14-5-6-16-18(11-14)23(4)19(25)20(16,2)3/h4,7-13,16H,5-6H2,1-3H3;4,7-12,16H,5-6H2,1-3H3;3,6-12,14H,4-5H2,1-2H3;5-12H,1-4H3. The van der Waals surface area contributed by atoms with E-state index in [0.717, 1.165) is 163 Å². The van der Waals surface area contributed by atoms with Crippen molar-refractivity contribution in [2.45, 2.75) is 154 Å². The summed E-state index contributed by atoms with van der Waals surface area (Å²) in [5, 5.41) is 4.22. The van der Waals surface area contributed by atoms with Gasteiger partial charge in [0.25, 0.3) is 0 Å². The molecule has 0 N–H and O–H groups in total. The number of imidazole rings is 3. The van der Waals surface area contributed by atoms with Gasteiger partial charge >= 0.3 is 0 Å². The van der Waals surface area contributed by atoms with Crippen molar-refractivity contribution in [1.29, 1.82) is 0 Å².